The van der Waals surface area contributed by atoms with Crippen molar-refractivity contribution in [3.63, 3.8) is 0 Å². The maximum absolute atomic E-state index is 12.9. The lowest BCUT2D eigenvalue weighted by molar-refractivity contribution is -0.0487. The van der Waals surface area contributed by atoms with E-state index in [0.717, 1.165) is 16.7 Å². The standard InChI is InChI=1S/C20H23NO2/c1-14-8-10-17(11-9-14)19-12-21(16(3)13-23-19)20(22)18-7-5-4-6-15(18)2/h4-11,16,19H,12-13H2,1-3H3. The Morgan fingerprint density at radius 2 is 1.78 bits per heavy atom. The molecule has 3 heteroatoms. The number of benzene rings is 2. The lowest BCUT2D eigenvalue weighted by Crippen LogP contribution is -2.48. The van der Waals surface area contributed by atoms with Crippen LogP contribution in [-0.4, -0.2) is 30.0 Å². The summed E-state index contributed by atoms with van der Waals surface area (Å²) >= 11 is 0. The maximum Gasteiger partial charge on any atom is 0.254 e. The third-order valence-corrected chi connectivity index (χ3v) is 4.52. The van der Waals surface area contributed by atoms with E-state index in [-0.39, 0.29) is 18.1 Å². The largest absolute Gasteiger partial charge is 0.370 e. The van der Waals surface area contributed by atoms with Gasteiger partial charge in [-0.05, 0) is 38.0 Å². The van der Waals surface area contributed by atoms with Crippen LogP contribution >= 0.6 is 0 Å². The van der Waals surface area contributed by atoms with Crippen LogP contribution < -0.4 is 0 Å². The highest BCUT2D eigenvalue weighted by Gasteiger charge is 2.31. The van der Waals surface area contributed by atoms with E-state index in [9.17, 15) is 4.79 Å². The van der Waals surface area contributed by atoms with Gasteiger partial charge in [-0.25, -0.2) is 0 Å². The summed E-state index contributed by atoms with van der Waals surface area (Å²) in [5.41, 5.74) is 4.16. The summed E-state index contributed by atoms with van der Waals surface area (Å²) < 4.78 is 5.97. The molecular formula is C20H23NO2. The van der Waals surface area contributed by atoms with E-state index in [1.165, 1.54) is 5.56 Å². The van der Waals surface area contributed by atoms with E-state index >= 15 is 0 Å². The Morgan fingerprint density at radius 3 is 2.48 bits per heavy atom. The molecule has 0 radical (unpaired) electrons. The van der Waals surface area contributed by atoms with Crippen molar-refractivity contribution in [2.75, 3.05) is 13.2 Å². The summed E-state index contributed by atoms with van der Waals surface area (Å²) in [6.07, 6.45) is -0.0558. The molecule has 3 nitrogen and oxygen atoms in total. The maximum atomic E-state index is 12.9. The van der Waals surface area contributed by atoms with Crippen LogP contribution in [0.5, 0.6) is 0 Å². The number of ether oxygens (including phenoxy) is 1. The van der Waals surface area contributed by atoms with Crippen molar-refractivity contribution in [3.8, 4) is 0 Å². The number of nitrogens with zero attached hydrogens (tertiary/aromatic N) is 1. The molecule has 1 heterocycles. The van der Waals surface area contributed by atoms with Gasteiger partial charge in [0, 0.05) is 5.56 Å². The van der Waals surface area contributed by atoms with Crippen molar-refractivity contribution >= 4 is 5.91 Å². The first-order chi connectivity index (χ1) is 11.1. The van der Waals surface area contributed by atoms with Gasteiger partial charge in [0.1, 0.15) is 6.10 Å². The number of rotatable bonds is 2. The fourth-order valence-electron chi connectivity index (χ4n) is 2.99. The molecule has 3 rings (SSSR count). The summed E-state index contributed by atoms with van der Waals surface area (Å²) in [5, 5.41) is 0. The van der Waals surface area contributed by atoms with Crippen LogP contribution in [0.4, 0.5) is 0 Å². The van der Waals surface area contributed by atoms with Gasteiger partial charge >= 0.3 is 0 Å². The van der Waals surface area contributed by atoms with Crippen molar-refractivity contribution in [3.05, 3.63) is 70.8 Å². The average Bonchev–Trinajstić information content (AvgIpc) is 2.56. The van der Waals surface area contributed by atoms with Gasteiger partial charge in [-0.3, -0.25) is 4.79 Å². The molecule has 120 valence electrons. The van der Waals surface area contributed by atoms with Crippen LogP contribution in [0.1, 0.15) is 40.1 Å². The molecular weight excluding hydrogens is 286 g/mol. The molecule has 0 aromatic heterocycles. The van der Waals surface area contributed by atoms with Crippen LogP contribution in [-0.2, 0) is 4.74 Å². The Bertz CT molecular complexity index is 693. The fraction of sp³-hybridized carbons (Fsp3) is 0.350. The first kappa shape index (κ1) is 15.8. The van der Waals surface area contributed by atoms with Crippen molar-refractivity contribution in [1.82, 2.24) is 4.90 Å². The van der Waals surface area contributed by atoms with Gasteiger partial charge in [-0.2, -0.15) is 0 Å². The molecule has 0 spiro atoms. The zero-order valence-corrected chi connectivity index (χ0v) is 14.0. The molecule has 1 amide bonds. The minimum atomic E-state index is -0.0558. The Hall–Kier alpha value is -2.13. The number of morpholine rings is 1. The van der Waals surface area contributed by atoms with Crippen LogP contribution in [0.25, 0.3) is 0 Å². The highest BCUT2D eigenvalue weighted by atomic mass is 16.5. The summed E-state index contributed by atoms with van der Waals surface area (Å²) in [7, 11) is 0. The molecule has 0 bridgehead atoms. The second-order valence-corrected chi connectivity index (χ2v) is 6.35. The molecule has 1 aliphatic rings. The second kappa shape index (κ2) is 6.55. The molecule has 2 unspecified atom stereocenters. The number of carbonyl (C=O) groups excluding carboxylic acids is 1. The Labute approximate surface area is 137 Å². The van der Waals surface area contributed by atoms with Gasteiger partial charge in [-0.15, -0.1) is 0 Å². The SMILES string of the molecule is Cc1ccc(C2CN(C(=O)c3ccccc3C)C(C)CO2)cc1. The highest BCUT2D eigenvalue weighted by Crippen LogP contribution is 2.26. The van der Waals surface area contributed by atoms with Crippen molar-refractivity contribution < 1.29 is 9.53 Å². The first-order valence-electron chi connectivity index (χ1n) is 8.11. The number of aryl methyl sites for hydroxylation is 2. The fourth-order valence-corrected chi connectivity index (χ4v) is 2.99. The first-order valence-corrected chi connectivity index (χ1v) is 8.11. The quantitative estimate of drug-likeness (QED) is 0.842. The Morgan fingerprint density at radius 1 is 1.09 bits per heavy atom. The second-order valence-electron chi connectivity index (χ2n) is 6.35. The van der Waals surface area contributed by atoms with Gasteiger partial charge in [0.05, 0.1) is 19.2 Å². The zero-order valence-electron chi connectivity index (χ0n) is 14.0. The Balaban J connectivity index is 1.82. The highest BCUT2D eigenvalue weighted by molar-refractivity contribution is 5.95. The predicted octanol–water partition coefficient (Wildman–Crippen LogP) is 3.91. The van der Waals surface area contributed by atoms with Gasteiger partial charge in [0.2, 0.25) is 0 Å². The summed E-state index contributed by atoms with van der Waals surface area (Å²) in [6, 6.07) is 16.2. The third-order valence-electron chi connectivity index (χ3n) is 4.52. The number of carbonyl (C=O) groups is 1. The molecule has 2 atom stereocenters. The topological polar surface area (TPSA) is 29.5 Å². The van der Waals surface area contributed by atoms with Crippen molar-refractivity contribution in [1.29, 1.82) is 0 Å². The summed E-state index contributed by atoms with van der Waals surface area (Å²) in [4.78, 5) is 14.9. The Kier molecular flexibility index (Phi) is 4.49. The normalized spacial score (nSPS) is 21.3. The van der Waals surface area contributed by atoms with Crippen LogP contribution in [0.3, 0.4) is 0 Å². The number of hydrogen-bond donors (Lipinski definition) is 0. The monoisotopic (exact) mass is 309 g/mol. The molecule has 2 aromatic rings. The molecule has 2 aromatic carbocycles. The smallest absolute Gasteiger partial charge is 0.254 e. The van der Waals surface area contributed by atoms with E-state index in [0.29, 0.717) is 13.2 Å². The minimum absolute atomic E-state index is 0.0558. The van der Waals surface area contributed by atoms with E-state index in [2.05, 4.69) is 31.2 Å². The van der Waals surface area contributed by atoms with Crippen LogP contribution in [0, 0.1) is 13.8 Å². The molecule has 1 saturated heterocycles. The van der Waals surface area contributed by atoms with E-state index < -0.39 is 0 Å². The van der Waals surface area contributed by atoms with E-state index in [1.807, 2.05) is 43.0 Å². The number of amides is 1. The lowest BCUT2D eigenvalue weighted by Gasteiger charge is -2.38. The number of hydrogen-bond acceptors (Lipinski definition) is 2. The van der Waals surface area contributed by atoms with Crippen molar-refractivity contribution in [2.45, 2.75) is 32.9 Å². The van der Waals surface area contributed by atoms with Crippen molar-refractivity contribution in [2.24, 2.45) is 0 Å². The molecule has 1 fully saturated rings. The zero-order chi connectivity index (χ0) is 16.4. The van der Waals surface area contributed by atoms with E-state index in [4.69, 9.17) is 4.74 Å². The van der Waals surface area contributed by atoms with Gasteiger partial charge in [-0.1, -0.05) is 48.0 Å². The van der Waals surface area contributed by atoms with Crippen LogP contribution in [0.15, 0.2) is 48.5 Å². The molecule has 0 N–H and O–H groups in total. The minimum Gasteiger partial charge on any atom is -0.370 e. The molecule has 0 saturated carbocycles. The lowest BCUT2D eigenvalue weighted by atomic mass is 10.0. The molecule has 1 aliphatic heterocycles. The van der Waals surface area contributed by atoms with Gasteiger partial charge < -0.3 is 9.64 Å². The van der Waals surface area contributed by atoms with Gasteiger partial charge in [0.15, 0.2) is 0 Å². The van der Waals surface area contributed by atoms with Crippen LogP contribution in [0.2, 0.25) is 0 Å². The summed E-state index contributed by atoms with van der Waals surface area (Å²) in [5.74, 6) is 0.0935. The molecule has 0 aliphatic carbocycles. The third kappa shape index (κ3) is 3.30. The van der Waals surface area contributed by atoms with E-state index in [1.54, 1.807) is 0 Å². The predicted molar refractivity (Wildman–Crippen MR) is 91.5 cm³/mol. The van der Waals surface area contributed by atoms with Gasteiger partial charge in [0.25, 0.3) is 5.91 Å². The summed E-state index contributed by atoms with van der Waals surface area (Å²) in [6.45, 7) is 7.26. The molecule has 23 heavy (non-hydrogen) atoms. The average molecular weight is 309 g/mol.